The molecular weight excluding hydrogens is 531 g/mol. The zero-order chi connectivity index (χ0) is 29.7. The van der Waals surface area contributed by atoms with E-state index in [9.17, 15) is 14.2 Å². The lowest BCUT2D eigenvalue weighted by Gasteiger charge is -2.18. The van der Waals surface area contributed by atoms with Gasteiger partial charge in [0.05, 0.1) is 6.61 Å². The molecule has 0 amide bonds. The topological polar surface area (TPSA) is 119 Å². The molecule has 0 saturated heterocycles. The molecule has 40 heavy (non-hydrogen) atoms. The van der Waals surface area contributed by atoms with Gasteiger partial charge < -0.3 is 19.3 Å². The van der Waals surface area contributed by atoms with Crippen molar-refractivity contribution in [1.82, 2.24) is 0 Å². The molecule has 1 atom stereocenters. The lowest BCUT2D eigenvalue weighted by atomic mass is 10.1. The van der Waals surface area contributed by atoms with Crippen LogP contribution in [0.5, 0.6) is 0 Å². The first kappa shape index (κ1) is 38.8. The van der Waals surface area contributed by atoms with Crippen LogP contribution in [0.3, 0.4) is 0 Å². The number of esters is 2. The fourth-order valence-corrected chi connectivity index (χ4v) is 4.73. The monoisotopic (exact) mass is 590 g/mol. The number of ether oxygens (including phenoxy) is 2. The van der Waals surface area contributed by atoms with Gasteiger partial charge >= 0.3 is 19.8 Å². The van der Waals surface area contributed by atoms with Crippen molar-refractivity contribution in [3.8, 4) is 0 Å². The summed E-state index contributed by atoms with van der Waals surface area (Å²) in [5, 5.41) is 0. The minimum Gasteiger partial charge on any atom is -0.462 e. The van der Waals surface area contributed by atoms with E-state index in [-0.39, 0.29) is 19.4 Å². The summed E-state index contributed by atoms with van der Waals surface area (Å²) in [7, 11) is -4.74. The second kappa shape index (κ2) is 27.9. The summed E-state index contributed by atoms with van der Waals surface area (Å²) in [4.78, 5) is 42.3. The van der Waals surface area contributed by atoms with Gasteiger partial charge in [0.2, 0.25) is 0 Å². The summed E-state index contributed by atoms with van der Waals surface area (Å²) >= 11 is 0. The molecule has 8 nitrogen and oxygen atoms in total. The van der Waals surface area contributed by atoms with Crippen molar-refractivity contribution < 1.29 is 37.9 Å². The normalized spacial score (nSPS) is 12.6. The Morgan fingerprint density at radius 1 is 0.625 bits per heavy atom. The fraction of sp³-hybridized carbons (Fsp3) is 0.871. The number of carbonyl (C=O) groups is 2. The molecule has 0 heterocycles. The molecule has 0 spiro atoms. The average Bonchev–Trinajstić information content (AvgIpc) is 2.91. The SMILES string of the molecule is CCCCCCC/C=C\CCCCCCCC(=O)OC(COC(=O)CCCCCCCCCC)COP(=O)(O)O. The average molecular weight is 591 g/mol. The number of unbranched alkanes of at least 4 members (excludes halogenated alkanes) is 17. The molecule has 0 fully saturated rings. The molecule has 0 aromatic rings. The lowest BCUT2D eigenvalue weighted by Crippen LogP contribution is -2.29. The number of phosphoric acid groups is 1. The first-order valence-corrected chi connectivity index (χ1v) is 17.5. The van der Waals surface area contributed by atoms with Crippen LogP contribution in [0.25, 0.3) is 0 Å². The van der Waals surface area contributed by atoms with Crippen LogP contribution in [-0.2, 0) is 28.2 Å². The van der Waals surface area contributed by atoms with Gasteiger partial charge in [0.1, 0.15) is 6.61 Å². The Bertz CT molecular complexity index is 676. The molecule has 0 saturated carbocycles. The van der Waals surface area contributed by atoms with E-state index >= 15 is 0 Å². The molecule has 0 aliphatic carbocycles. The number of phosphoric ester groups is 1. The largest absolute Gasteiger partial charge is 0.469 e. The van der Waals surface area contributed by atoms with Crippen LogP contribution in [0.15, 0.2) is 12.2 Å². The predicted molar refractivity (Wildman–Crippen MR) is 161 cm³/mol. The predicted octanol–water partition coefficient (Wildman–Crippen LogP) is 8.73. The van der Waals surface area contributed by atoms with Gasteiger partial charge in [-0.1, -0.05) is 116 Å². The van der Waals surface area contributed by atoms with E-state index in [4.69, 9.17) is 19.3 Å². The van der Waals surface area contributed by atoms with E-state index in [0.717, 1.165) is 51.4 Å². The van der Waals surface area contributed by atoms with E-state index in [2.05, 4.69) is 30.5 Å². The molecule has 236 valence electrons. The molecule has 0 aliphatic rings. The highest BCUT2D eigenvalue weighted by atomic mass is 31.2. The van der Waals surface area contributed by atoms with Gasteiger partial charge in [0, 0.05) is 12.8 Å². The van der Waals surface area contributed by atoms with Gasteiger partial charge in [0.25, 0.3) is 0 Å². The van der Waals surface area contributed by atoms with Crippen LogP contribution >= 0.6 is 7.82 Å². The smallest absolute Gasteiger partial charge is 0.462 e. The van der Waals surface area contributed by atoms with Gasteiger partial charge in [-0.3, -0.25) is 14.1 Å². The highest BCUT2D eigenvalue weighted by molar-refractivity contribution is 7.46. The summed E-state index contributed by atoms with van der Waals surface area (Å²) in [6, 6.07) is 0. The number of hydrogen-bond donors (Lipinski definition) is 2. The van der Waals surface area contributed by atoms with Crippen molar-refractivity contribution in [2.45, 2.75) is 161 Å². The number of carbonyl (C=O) groups excluding carboxylic acids is 2. The fourth-order valence-electron chi connectivity index (χ4n) is 4.37. The first-order chi connectivity index (χ1) is 19.3. The van der Waals surface area contributed by atoms with Crippen molar-refractivity contribution in [2.75, 3.05) is 13.2 Å². The van der Waals surface area contributed by atoms with Crippen LogP contribution in [0.2, 0.25) is 0 Å². The van der Waals surface area contributed by atoms with E-state index in [1.54, 1.807) is 0 Å². The third-order valence-corrected chi connectivity index (χ3v) is 7.27. The quantitative estimate of drug-likeness (QED) is 0.0384. The minimum atomic E-state index is -4.74. The highest BCUT2D eigenvalue weighted by Crippen LogP contribution is 2.35. The van der Waals surface area contributed by atoms with Gasteiger partial charge in [-0.2, -0.15) is 0 Å². The first-order valence-electron chi connectivity index (χ1n) is 16.0. The number of rotatable bonds is 29. The third kappa shape index (κ3) is 29.8. The molecule has 0 radical (unpaired) electrons. The van der Waals surface area contributed by atoms with E-state index < -0.39 is 32.5 Å². The van der Waals surface area contributed by atoms with Crippen molar-refractivity contribution >= 4 is 19.8 Å². The Kier molecular flexibility index (Phi) is 27.1. The molecule has 0 bridgehead atoms. The molecule has 1 unspecified atom stereocenters. The van der Waals surface area contributed by atoms with Crippen LogP contribution in [0.1, 0.15) is 155 Å². The molecule has 0 aromatic heterocycles. The van der Waals surface area contributed by atoms with Gasteiger partial charge in [-0.25, -0.2) is 4.57 Å². The Hall–Kier alpha value is -1.21. The zero-order valence-electron chi connectivity index (χ0n) is 25.5. The Balaban J connectivity index is 4.03. The van der Waals surface area contributed by atoms with Crippen molar-refractivity contribution in [1.29, 1.82) is 0 Å². The van der Waals surface area contributed by atoms with E-state index in [1.807, 2.05) is 0 Å². The Labute approximate surface area is 244 Å². The van der Waals surface area contributed by atoms with Gasteiger partial charge in [-0.05, 0) is 38.5 Å². The molecular formula is C31H59O8P. The van der Waals surface area contributed by atoms with Crippen LogP contribution < -0.4 is 0 Å². The zero-order valence-corrected chi connectivity index (χ0v) is 26.4. The Morgan fingerprint density at radius 2 is 1.05 bits per heavy atom. The van der Waals surface area contributed by atoms with Crippen molar-refractivity contribution in [2.24, 2.45) is 0 Å². The second-order valence-corrected chi connectivity index (χ2v) is 12.0. The molecule has 0 rings (SSSR count). The summed E-state index contributed by atoms with van der Waals surface area (Å²) in [5.41, 5.74) is 0. The summed E-state index contributed by atoms with van der Waals surface area (Å²) < 4.78 is 26.1. The van der Waals surface area contributed by atoms with Crippen LogP contribution in [0, 0.1) is 0 Å². The van der Waals surface area contributed by atoms with Gasteiger partial charge in [-0.15, -0.1) is 0 Å². The van der Waals surface area contributed by atoms with Crippen LogP contribution in [0.4, 0.5) is 0 Å². The Morgan fingerprint density at radius 3 is 1.52 bits per heavy atom. The van der Waals surface area contributed by atoms with Crippen LogP contribution in [-0.4, -0.2) is 41.0 Å². The lowest BCUT2D eigenvalue weighted by molar-refractivity contribution is -0.161. The van der Waals surface area contributed by atoms with Gasteiger partial charge in [0.15, 0.2) is 6.10 Å². The summed E-state index contributed by atoms with van der Waals surface area (Å²) in [6.45, 7) is 3.60. The minimum absolute atomic E-state index is 0.205. The van der Waals surface area contributed by atoms with Crippen molar-refractivity contribution in [3.63, 3.8) is 0 Å². The van der Waals surface area contributed by atoms with E-state index in [1.165, 1.54) is 70.6 Å². The number of hydrogen-bond acceptors (Lipinski definition) is 6. The molecule has 0 aromatic carbocycles. The standard InChI is InChI=1S/C31H59O8P/c1-3-5-7-9-11-13-14-15-16-17-18-20-22-24-26-31(33)39-29(28-38-40(34,35)36)27-37-30(32)25-23-21-19-12-10-8-6-4-2/h14-15,29H,3-13,16-28H2,1-2H3,(H2,34,35,36)/b15-14-. The highest BCUT2D eigenvalue weighted by Gasteiger charge is 2.22. The summed E-state index contributed by atoms with van der Waals surface area (Å²) in [6.07, 6.45) is 26.6. The molecule has 2 N–H and O–H groups in total. The second-order valence-electron chi connectivity index (χ2n) is 10.8. The van der Waals surface area contributed by atoms with Crippen molar-refractivity contribution in [3.05, 3.63) is 12.2 Å². The molecule has 9 heteroatoms. The maximum absolute atomic E-state index is 12.3. The third-order valence-electron chi connectivity index (χ3n) is 6.78. The number of allylic oxidation sites excluding steroid dienone is 2. The maximum Gasteiger partial charge on any atom is 0.469 e. The van der Waals surface area contributed by atoms with E-state index in [0.29, 0.717) is 6.42 Å². The summed E-state index contributed by atoms with van der Waals surface area (Å²) in [5.74, 6) is -0.898. The molecule has 0 aliphatic heterocycles. The maximum atomic E-state index is 12.3.